The lowest BCUT2D eigenvalue weighted by molar-refractivity contribution is -0.124. The van der Waals surface area contributed by atoms with Crippen molar-refractivity contribution in [2.24, 2.45) is 11.7 Å². The van der Waals surface area contributed by atoms with Gasteiger partial charge in [-0.2, -0.15) is 0 Å². The first-order valence-electron chi connectivity index (χ1n) is 7.52. The molecule has 4 heteroatoms. The van der Waals surface area contributed by atoms with Gasteiger partial charge in [0.05, 0.1) is 11.4 Å². The molecule has 1 amide bonds. The fourth-order valence-electron chi connectivity index (χ4n) is 2.52. The van der Waals surface area contributed by atoms with Gasteiger partial charge in [0, 0.05) is 23.7 Å². The number of hydrogen-bond donors (Lipinski definition) is 2. The molecule has 1 aromatic carbocycles. The normalized spacial score (nSPS) is 15.9. The molecule has 1 atom stereocenters. The molecule has 21 heavy (non-hydrogen) atoms. The molecule has 0 radical (unpaired) electrons. The molecule has 1 fully saturated rings. The van der Waals surface area contributed by atoms with Crippen LogP contribution in [0, 0.1) is 12.8 Å². The highest BCUT2D eigenvalue weighted by atomic mass is 16.2. The Morgan fingerprint density at radius 3 is 2.90 bits per heavy atom. The van der Waals surface area contributed by atoms with E-state index in [1.165, 1.54) is 0 Å². The van der Waals surface area contributed by atoms with Crippen molar-refractivity contribution in [2.45, 2.75) is 32.2 Å². The molecule has 1 saturated carbocycles. The van der Waals surface area contributed by atoms with Gasteiger partial charge >= 0.3 is 0 Å². The summed E-state index contributed by atoms with van der Waals surface area (Å²) in [6, 6.07) is 10.6. The van der Waals surface area contributed by atoms with Crippen LogP contribution in [-0.2, 0) is 11.2 Å². The third-order valence-electron chi connectivity index (χ3n) is 3.95. The SMILES string of the molecule is Cc1ccc2cc(CC(CN)C(=O)NC3CC3)ccc2n1. The molecular weight excluding hydrogens is 262 g/mol. The predicted octanol–water partition coefficient (Wildman–Crippen LogP) is 1.94. The first-order chi connectivity index (χ1) is 10.2. The Labute approximate surface area is 124 Å². The van der Waals surface area contributed by atoms with Crippen LogP contribution in [0.5, 0.6) is 0 Å². The lowest BCUT2D eigenvalue weighted by atomic mass is 9.97. The van der Waals surface area contributed by atoms with Crippen molar-refractivity contribution < 1.29 is 4.79 Å². The number of nitrogens with two attached hydrogens (primary N) is 1. The molecule has 3 N–H and O–H groups in total. The third-order valence-corrected chi connectivity index (χ3v) is 3.95. The van der Waals surface area contributed by atoms with Crippen LogP contribution in [0.1, 0.15) is 24.1 Å². The van der Waals surface area contributed by atoms with Gasteiger partial charge in [0.2, 0.25) is 5.91 Å². The summed E-state index contributed by atoms with van der Waals surface area (Å²) in [5, 5.41) is 4.15. The van der Waals surface area contributed by atoms with Crippen LogP contribution in [0.15, 0.2) is 30.3 Å². The fraction of sp³-hybridized carbons (Fsp3) is 0.412. The number of nitrogens with one attached hydrogen (secondary N) is 1. The van der Waals surface area contributed by atoms with E-state index in [1.54, 1.807) is 0 Å². The molecule has 110 valence electrons. The van der Waals surface area contributed by atoms with Gasteiger partial charge in [-0.05, 0) is 49.9 Å². The summed E-state index contributed by atoms with van der Waals surface area (Å²) in [5.74, 6) is -0.0661. The molecule has 1 heterocycles. The molecule has 0 saturated heterocycles. The zero-order valence-electron chi connectivity index (χ0n) is 12.3. The number of aromatic nitrogens is 1. The van der Waals surface area contributed by atoms with Gasteiger partial charge in [-0.15, -0.1) is 0 Å². The lowest BCUT2D eigenvalue weighted by Gasteiger charge is -2.15. The second kappa shape index (κ2) is 5.82. The number of benzene rings is 1. The summed E-state index contributed by atoms with van der Waals surface area (Å²) in [6.07, 6.45) is 2.88. The standard InChI is InChI=1S/C17H21N3O/c1-11-2-4-13-8-12(3-7-16(13)19-11)9-14(10-18)17(21)20-15-5-6-15/h2-4,7-8,14-15H,5-6,9-10,18H2,1H3,(H,20,21). The van der Waals surface area contributed by atoms with E-state index < -0.39 is 0 Å². The van der Waals surface area contributed by atoms with E-state index in [0.29, 0.717) is 19.0 Å². The molecule has 4 nitrogen and oxygen atoms in total. The summed E-state index contributed by atoms with van der Waals surface area (Å²) in [6.45, 7) is 2.36. The molecule has 2 aromatic rings. The zero-order valence-corrected chi connectivity index (χ0v) is 12.3. The second-order valence-electron chi connectivity index (χ2n) is 5.90. The minimum Gasteiger partial charge on any atom is -0.353 e. The van der Waals surface area contributed by atoms with E-state index in [1.807, 2.05) is 25.1 Å². The summed E-state index contributed by atoms with van der Waals surface area (Å²) in [5.41, 5.74) is 8.91. The van der Waals surface area contributed by atoms with Crippen molar-refractivity contribution in [3.8, 4) is 0 Å². The average Bonchev–Trinajstić information content (AvgIpc) is 3.28. The molecule has 1 aromatic heterocycles. The summed E-state index contributed by atoms with van der Waals surface area (Å²) in [4.78, 5) is 16.6. The van der Waals surface area contributed by atoms with Crippen LogP contribution < -0.4 is 11.1 Å². The topological polar surface area (TPSA) is 68.0 Å². The number of fused-ring (bicyclic) bond motifs is 1. The van der Waals surface area contributed by atoms with Crippen molar-refractivity contribution in [2.75, 3.05) is 6.54 Å². The van der Waals surface area contributed by atoms with Crippen LogP contribution in [0.25, 0.3) is 10.9 Å². The summed E-state index contributed by atoms with van der Waals surface area (Å²) >= 11 is 0. The quantitative estimate of drug-likeness (QED) is 0.881. The van der Waals surface area contributed by atoms with E-state index in [9.17, 15) is 4.79 Å². The van der Waals surface area contributed by atoms with Crippen LogP contribution in [-0.4, -0.2) is 23.5 Å². The first kappa shape index (κ1) is 14.0. The van der Waals surface area contributed by atoms with Gasteiger partial charge in [-0.25, -0.2) is 0 Å². The van der Waals surface area contributed by atoms with E-state index in [-0.39, 0.29) is 11.8 Å². The maximum absolute atomic E-state index is 12.1. The molecule has 1 aliphatic carbocycles. The number of hydrogen-bond acceptors (Lipinski definition) is 3. The minimum atomic E-state index is -0.151. The zero-order chi connectivity index (χ0) is 14.8. The van der Waals surface area contributed by atoms with Crippen LogP contribution >= 0.6 is 0 Å². The van der Waals surface area contributed by atoms with E-state index >= 15 is 0 Å². The average molecular weight is 283 g/mol. The number of aryl methyl sites for hydroxylation is 1. The predicted molar refractivity (Wildman–Crippen MR) is 83.9 cm³/mol. The van der Waals surface area contributed by atoms with Crippen molar-refractivity contribution in [1.82, 2.24) is 10.3 Å². The maximum Gasteiger partial charge on any atom is 0.224 e. The molecule has 1 aliphatic rings. The van der Waals surface area contributed by atoms with Crippen molar-refractivity contribution >= 4 is 16.8 Å². The van der Waals surface area contributed by atoms with Gasteiger partial charge in [-0.1, -0.05) is 12.1 Å². The summed E-state index contributed by atoms with van der Waals surface area (Å²) in [7, 11) is 0. The highest BCUT2D eigenvalue weighted by Crippen LogP contribution is 2.21. The minimum absolute atomic E-state index is 0.0853. The van der Waals surface area contributed by atoms with Gasteiger partial charge in [0.15, 0.2) is 0 Å². The molecule has 0 aliphatic heterocycles. The highest BCUT2D eigenvalue weighted by Gasteiger charge is 2.26. The van der Waals surface area contributed by atoms with E-state index in [0.717, 1.165) is 35.0 Å². The van der Waals surface area contributed by atoms with Crippen molar-refractivity contribution in [1.29, 1.82) is 0 Å². The Kier molecular flexibility index (Phi) is 3.88. The van der Waals surface area contributed by atoms with Crippen molar-refractivity contribution in [3.63, 3.8) is 0 Å². The van der Waals surface area contributed by atoms with Gasteiger partial charge in [0.25, 0.3) is 0 Å². The van der Waals surface area contributed by atoms with E-state index in [4.69, 9.17) is 5.73 Å². The number of carbonyl (C=O) groups excluding carboxylic acids is 1. The van der Waals surface area contributed by atoms with Gasteiger partial charge in [-0.3, -0.25) is 9.78 Å². The monoisotopic (exact) mass is 283 g/mol. The molecule has 0 bridgehead atoms. The Morgan fingerprint density at radius 2 is 2.19 bits per heavy atom. The van der Waals surface area contributed by atoms with Gasteiger partial charge in [0.1, 0.15) is 0 Å². The Hall–Kier alpha value is -1.94. The Bertz CT molecular complexity index is 664. The Balaban J connectivity index is 1.75. The number of amides is 1. The fourth-order valence-corrected chi connectivity index (χ4v) is 2.52. The van der Waals surface area contributed by atoms with Crippen LogP contribution in [0.2, 0.25) is 0 Å². The lowest BCUT2D eigenvalue weighted by Crippen LogP contribution is -2.37. The number of pyridine rings is 1. The Morgan fingerprint density at radius 1 is 1.38 bits per heavy atom. The number of nitrogens with zero attached hydrogens (tertiary/aromatic N) is 1. The molecular formula is C17H21N3O. The third kappa shape index (κ3) is 3.39. The van der Waals surface area contributed by atoms with Crippen LogP contribution in [0.4, 0.5) is 0 Å². The first-order valence-corrected chi connectivity index (χ1v) is 7.52. The summed E-state index contributed by atoms with van der Waals surface area (Å²) < 4.78 is 0. The smallest absolute Gasteiger partial charge is 0.224 e. The second-order valence-corrected chi connectivity index (χ2v) is 5.90. The molecule has 3 rings (SSSR count). The van der Waals surface area contributed by atoms with Crippen LogP contribution in [0.3, 0.4) is 0 Å². The molecule has 1 unspecified atom stereocenters. The molecule has 0 spiro atoms. The van der Waals surface area contributed by atoms with Crippen molar-refractivity contribution in [3.05, 3.63) is 41.6 Å². The maximum atomic E-state index is 12.1. The number of rotatable bonds is 5. The van der Waals surface area contributed by atoms with Gasteiger partial charge < -0.3 is 11.1 Å². The highest BCUT2D eigenvalue weighted by molar-refractivity contribution is 5.81. The van der Waals surface area contributed by atoms with E-state index in [2.05, 4.69) is 22.4 Å². The number of carbonyl (C=O) groups is 1. The largest absolute Gasteiger partial charge is 0.353 e.